The van der Waals surface area contributed by atoms with Gasteiger partial charge in [-0.15, -0.1) is 0 Å². The Hall–Kier alpha value is -1.61. The highest BCUT2D eigenvalue weighted by Gasteiger charge is 2.09. The van der Waals surface area contributed by atoms with Gasteiger partial charge in [-0.2, -0.15) is 0 Å². The predicted molar refractivity (Wildman–Crippen MR) is 77.6 cm³/mol. The molecule has 2 rings (SSSR count). The molecule has 0 aliphatic carbocycles. The number of benzene rings is 1. The van der Waals surface area contributed by atoms with Crippen LogP contribution in [0.25, 0.3) is 11.3 Å². The predicted octanol–water partition coefficient (Wildman–Crippen LogP) is 4.15. The van der Waals surface area contributed by atoms with Gasteiger partial charge >= 0.3 is 0 Å². The molecule has 0 saturated heterocycles. The topological polar surface area (TPSA) is 35.0 Å². The number of para-hydroxylation sites is 1. The summed E-state index contributed by atoms with van der Waals surface area (Å²) in [6.07, 6.45) is 1.73. The Bertz CT molecular complexity index is 558. The van der Waals surface area contributed by atoms with Crippen molar-refractivity contribution in [3.8, 4) is 17.0 Å². The standard InChI is InChI=1S/C15H17ClN2O/c1-3-9-19-13-8-6-5-7-11(13)12-10-14(16)18-15(4-2)17-12/h5-8,10H,3-4,9H2,1-2H3. The van der Waals surface area contributed by atoms with E-state index in [-0.39, 0.29) is 0 Å². The van der Waals surface area contributed by atoms with Gasteiger partial charge < -0.3 is 4.74 Å². The molecule has 0 fully saturated rings. The molecule has 0 amide bonds. The highest BCUT2D eigenvalue weighted by Crippen LogP contribution is 2.29. The molecule has 0 spiro atoms. The van der Waals surface area contributed by atoms with E-state index in [1.54, 1.807) is 6.07 Å². The molecule has 100 valence electrons. The van der Waals surface area contributed by atoms with Crippen LogP contribution in [0.4, 0.5) is 0 Å². The van der Waals surface area contributed by atoms with E-state index in [0.717, 1.165) is 35.7 Å². The van der Waals surface area contributed by atoms with Crippen molar-refractivity contribution in [2.45, 2.75) is 26.7 Å². The Morgan fingerprint density at radius 1 is 1.16 bits per heavy atom. The highest BCUT2D eigenvalue weighted by atomic mass is 35.5. The van der Waals surface area contributed by atoms with Gasteiger partial charge in [-0.3, -0.25) is 0 Å². The van der Waals surface area contributed by atoms with E-state index in [1.165, 1.54) is 0 Å². The number of aromatic nitrogens is 2. The summed E-state index contributed by atoms with van der Waals surface area (Å²) in [4.78, 5) is 8.70. The zero-order valence-corrected chi connectivity index (χ0v) is 11.9. The summed E-state index contributed by atoms with van der Waals surface area (Å²) in [5, 5.41) is 0.465. The lowest BCUT2D eigenvalue weighted by Gasteiger charge is -2.11. The molecule has 1 aromatic heterocycles. The van der Waals surface area contributed by atoms with Crippen molar-refractivity contribution < 1.29 is 4.74 Å². The fourth-order valence-electron chi connectivity index (χ4n) is 1.78. The first-order chi connectivity index (χ1) is 9.24. The van der Waals surface area contributed by atoms with Crippen LogP contribution in [0.15, 0.2) is 30.3 Å². The van der Waals surface area contributed by atoms with Crippen molar-refractivity contribution in [2.75, 3.05) is 6.61 Å². The normalized spacial score (nSPS) is 10.5. The SMILES string of the molecule is CCCOc1ccccc1-c1cc(Cl)nc(CC)n1. The fourth-order valence-corrected chi connectivity index (χ4v) is 1.98. The van der Waals surface area contributed by atoms with Crippen LogP contribution in [0, 0.1) is 0 Å². The third-order valence-electron chi connectivity index (χ3n) is 2.68. The first-order valence-corrected chi connectivity index (χ1v) is 6.88. The van der Waals surface area contributed by atoms with Gasteiger partial charge in [0.2, 0.25) is 0 Å². The van der Waals surface area contributed by atoms with Gasteiger partial charge in [0.15, 0.2) is 0 Å². The molecule has 0 aliphatic heterocycles. The van der Waals surface area contributed by atoms with E-state index in [9.17, 15) is 0 Å². The van der Waals surface area contributed by atoms with Crippen molar-refractivity contribution in [3.05, 3.63) is 41.3 Å². The number of ether oxygens (including phenoxy) is 1. The number of nitrogens with zero attached hydrogens (tertiary/aromatic N) is 2. The Morgan fingerprint density at radius 2 is 1.95 bits per heavy atom. The van der Waals surface area contributed by atoms with E-state index in [1.807, 2.05) is 31.2 Å². The zero-order chi connectivity index (χ0) is 13.7. The smallest absolute Gasteiger partial charge is 0.133 e. The van der Waals surface area contributed by atoms with Crippen molar-refractivity contribution in [2.24, 2.45) is 0 Å². The molecular formula is C15H17ClN2O. The molecule has 0 unspecified atom stereocenters. The molecular weight excluding hydrogens is 260 g/mol. The lowest BCUT2D eigenvalue weighted by atomic mass is 10.1. The Labute approximate surface area is 118 Å². The number of rotatable bonds is 5. The summed E-state index contributed by atoms with van der Waals surface area (Å²) < 4.78 is 5.75. The average molecular weight is 277 g/mol. The Kier molecular flexibility index (Phi) is 4.74. The molecule has 0 atom stereocenters. The maximum atomic E-state index is 6.04. The van der Waals surface area contributed by atoms with Gasteiger partial charge in [-0.1, -0.05) is 37.6 Å². The van der Waals surface area contributed by atoms with E-state index in [0.29, 0.717) is 11.8 Å². The van der Waals surface area contributed by atoms with Crippen LogP contribution < -0.4 is 4.74 Å². The van der Waals surface area contributed by atoms with Gasteiger partial charge in [0, 0.05) is 18.1 Å². The first kappa shape index (κ1) is 13.8. The second-order valence-corrected chi connectivity index (χ2v) is 4.58. The van der Waals surface area contributed by atoms with Crippen molar-refractivity contribution >= 4 is 11.6 Å². The van der Waals surface area contributed by atoms with Gasteiger partial charge in [-0.25, -0.2) is 9.97 Å². The molecule has 0 aliphatic rings. The van der Waals surface area contributed by atoms with E-state index < -0.39 is 0 Å². The van der Waals surface area contributed by atoms with Crippen LogP contribution in [-0.2, 0) is 6.42 Å². The molecule has 1 heterocycles. The average Bonchev–Trinajstić information content (AvgIpc) is 2.44. The summed E-state index contributed by atoms with van der Waals surface area (Å²) >= 11 is 6.04. The van der Waals surface area contributed by atoms with E-state index in [4.69, 9.17) is 16.3 Å². The summed E-state index contributed by atoms with van der Waals surface area (Å²) in [7, 11) is 0. The molecule has 3 nitrogen and oxygen atoms in total. The van der Waals surface area contributed by atoms with Crippen LogP contribution in [-0.4, -0.2) is 16.6 Å². The number of aryl methyl sites for hydroxylation is 1. The summed E-state index contributed by atoms with van der Waals surface area (Å²) in [5.74, 6) is 1.58. The molecule has 1 aromatic carbocycles. The minimum absolute atomic E-state index is 0.465. The molecule has 0 N–H and O–H groups in total. The lowest BCUT2D eigenvalue weighted by Crippen LogP contribution is -1.99. The molecule has 0 bridgehead atoms. The number of halogens is 1. The maximum absolute atomic E-state index is 6.04. The molecule has 4 heteroatoms. The van der Waals surface area contributed by atoms with Crippen molar-refractivity contribution in [1.29, 1.82) is 0 Å². The zero-order valence-electron chi connectivity index (χ0n) is 11.2. The molecule has 19 heavy (non-hydrogen) atoms. The van der Waals surface area contributed by atoms with Crippen LogP contribution in [0.3, 0.4) is 0 Å². The lowest BCUT2D eigenvalue weighted by molar-refractivity contribution is 0.318. The van der Waals surface area contributed by atoms with Crippen LogP contribution in [0.2, 0.25) is 5.15 Å². The third kappa shape index (κ3) is 3.44. The monoisotopic (exact) mass is 276 g/mol. The summed E-state index contributed by atoms with van der Waals surface area (Å²) in [5.41, 5.74) is 1.76. The number of hydrogen-bond acceptors (Lipinski definition) is 3. The quantitative estimate of drug-likeness (QED) is 0.770. The van der Waals surface area contributed by atoms with Gasteiger partial charge in [-0.05, 0) is 18.6 Å². The van der Waals surface area contributed by atoms with Crippen LogP contribution >= 0.6 is 11.6 Å². The summed E-state index contributed by atoms with van der Waals surface area (Å²) in [6, 6.07) is 9.64. The molecule has 2 aromatic rings. The minimum atomic E-state index is 0.465. The summed E-state index contributed by atoms with van der Waals surface area (Å²) in [6.45, 7) is 4.78. The highest BCUT2D eigenvalue weighted by molar-refractivity contribution is 6.29. The van der Waals surface area contributed by atoms with E-state index >= 15 is 0 Å². The fraction of sp³-hybridized carbons (Fsp3) is 0.333. The van der Waals surface area contributed by atoms with Crippen LogP contribution in [0.1, 0.15) is 26.1 Å². The maximum Gasteiger partial charge on any atom is 0.133 e. The second kappa shape index (κ2) is 6.53. The third-order valence-corrected chi connectivity index (χ3v) is 2.88. The van der Waals surface area contributed by atoms with Gasteiger partial charge in [0.1, 0.15) is 16.7 Å². The second-order valence-electron chi connectivity index (χ2n) is 4.19. The van der Waals surface area contributed by atoms with Gasteiger partial charge in [0.25, 0.3) is 0 Å². The minimum Gasteiger partial charge on any atom is -0.493 e. The Morgan fingerprint density at radius 3 is 2.68 bits per heavy atom. The molecule has 0 saturated carbocycles. The number of hydrogen-bond donors (Lipinski definition) is 0. The van der Waals surface area contributed by atoms with E-state index in [2.05, 4.69) is 16.9 Å². The van der Waals surface area contributed by atoms with Crippen molar-refractivity contribution in [3.63, 3.8) is 0 Å². The largest absolute Gasteiger partial charge is 0.493 e. The van der Waals surface area contributed by atoms with Crippen molar-refractivity contribution in [1.82, 2.24) is 9.97 Å². The first-order valence-electron chi connectivity index (χ1n) is 6.50. The molecule has 0 radical (unpaired) electrons. The van der Waals surface area contributed by atoms with Crippen LogP contribution in [0.5, 0.6) is 5.75 Å². The van der Waals surface area contributed by atoms with Gasteiger partial charge in [0.05, 0.1) is 12.3 Å². The Balaban J connectivity index is 2.43.